The monoisotopic (exact) mass is 387 g/mol. The Morgan fingerprint density at radius 2 is 2.19 bits per heavy atom. The second-order valence-corrected chi connectivity index (χ2v) is 7.10. The highest BCUT2D eigenvalue weighted by atomic mass is 32.2. The zero-order valence-electron chi connectivity index (χ0n) is 15.4. The fourth-order valence-electron chi connectivity index (χ4n) is 2.51. The maximum absolute atomic E-state index is 11.4. The Kier molecular flexibility index (Phi) is 5.98. The van der Waals surface area contributed by atoms with Crippen LogP contribution >= 0.6 is 11.8 Å². The van der Waals surface area contributed by atoms with E-state index in [-0.39, 0.29) is 12.4 Å². The summed E-state index contributed by atoms with van der Waals surface area (Å²) in [5.41, 5.74) is 1.48. The summed E-state index contributed by atoms with van der Waals surface area (Å²) in [6.07, 6.45) is 0.931. The molecule has 0 saturated carbocycles. The number of ketones is 1. The van der Waals surface area contributed by atoms with E-state index in [1.54, 1.807) is 30.5 Å². The number of Topliss-reactive ketones (excluding diaryl/α,β-unsaturated/α-hetero) is 1. The van der Waals surface area contributed by atoms with Crippen LogP contribution in [0.2, 0.25) is 0 Å². The lowest BCUT2D eigenvalue weighted by atomic mass is 10.1. The van der Waals surface area contributed by atoms with E-state index in [4.69, 9.17) is 9.15 Å². The van der Waals surface area contributed by atoms with Gasteiger partial charge >= 0.3 is 0 Å². The Bertz CT molecular complexity index is 935. The lowest BCUT2D eigenvalue weighted by Crippen LogP contribution is -2.20. The number of benzene rings is 1. The van der Waals surface area contributed by atoms with Crippen molar-refractivity contribution in [1.29, 1.82) is 0 Å². The minimum Gasteiger partial charge on any atom is -0.491 e. The van der Waals surface area contributed by atoms with E-state index in [0.717, 1.165) is 17.1 Å². The molecular formula is C19H21N3O4S. The normalized spacial score (nSPS) is 12.1. The Morgan fingerprint density at radius 3 is 2.89 bits per heavy atom. The molecule has 0 bridgehead atoms. The van der Waals surface area contributed by atoms with Gasteiger partial charge in [-0.3, -0.25) is 4.79 Å². The first kappa shape index (κ1) is 19.2. The van der Waals surface area contributed by atoms with Crippen molar-refractivity contribution < 1.29 is 19.1 Å². The number of rotatable bonds is 8. The van der Waals surface area contributed by atoms with Gasteiger partial charge in [-0.2, -0.15) is 0 Å². The number of aliphatic hydroxyl groups excluding tert-OH is 1. The number of ether oxygens (including phenoxy) is 1. The Morgan fingerprint density at radius 1 is 1.37 bits per heavy atom. The largest absolute Gasteiger partial charge is 0.491 e. The van der Waals surface area contributed by atoms with Crippen molar-refractivity contribution in [3.8, 4) is 17.1 Å². The molecule has 1 aromatic carbocycles. The number of aromatic nitrogens is 3. The Labute approximate surface area is 161 Å². The zero-order valence-corrected chi connectivity index (χ0v) is 16.2. The van der Waals surface area contributed by atoms with E-state index in [0.29, 0.717) is 22.2 Å². The van der Waals surface area contributed by atoms with Gasteiger partial charge in [-0.25, -0.2) is 0 Å². The van der Waals surface area contributed by atoms with Crippen molar-refractivity contribution in [2.75, 3.05) is 12.4 Å². The first-order valence-corrected chi connectivity index (χ1v) is 9.42. The van der Waals surface area contributed by atoms with Crippen molar-refractivity contribution in [3.63, 3.8) is 0 Å². The van der Waals surface area contributed by atoms with Gasteiger partial charge in [0.15, 0.2) is 16.8 Å². The molecule has 2 aromatic heterocycles. The molecule has 2 heterocycles. The second kappa shape index (κ2) is 8.41. The van der Waals surface area contributed by atoms with Crippen molar-refractivity contribution >= 4 is 17.5 Å². The van der Waals surface area contributed by atoms with Gasteiger partial charge < -0.3 is 18.8 Å². The number of hydrogen-bond acceptors (Lipinski definition) is 7. The minimum absolute atomic E-state index is 0.0255. The summed E-state index contributed by atoms with van der Waals surface area (Å²) in [4.78, 5) is 11.4. The number of hydrogen-bond donors (Lipinski definition) is 1. The number of carbonyl (C=O) groups excluding carboxylic acids is 1. The number of carbonyl (C=O) groups is 1. The smallest absolute Gasteiger partial charge is 0.191 e. The summed E-state index contributed by atoms with van der Waals surface area (Å²) in [7, 11) is 1.88. The summed E-state index contributed by atoms with van der Waals surface area (Å²) in [5.74, 6) is 2.44. The molecule has 27 heavy (non-hydrogen) atoms. The van der Waals surface area contributed by atoms with Crippen LogP contribution in [0.4, 0.5) is 0 Å². The summed E-state index contributed by atoms with van der Waals surface area (Å²) in [5, 5.41) is 19.3. The molecule has 0 aliphatic heterocycles. The average Bonchev–Trinajstić information content (AvgIpc) is 3.23. The molecule has 0 radical (unpaired) electrons. The quantitative estimate of drug-likeness (QED) is 0.469. The SMILES string of the molecule is CC(=O)c1cccc(OC[C@@H](O)CSc2nnc(-c3ccoc3C)n2C)c1. The molecule has 0 aliphatic rings. The van der Waals surface area contributed by atoms with Crippen LogP contribution in [0.1, 0.15) is 23.0 Å². The third kappa shape index (κ3) is 4.58. The number of aryl methyl sites for hydroxylation is 1. The van der Waals surface area contributed by atoms with E-state index >= 15 is 0 Å². The van der Waals surface area contributed by atoms with Gasteiger partial charge in [-0.05, 0) is 32.0 Å². The van der Waals surface area contributed by atoms with Gasteiger partial charge in [0.25, 0.3) is 0 Å². The van der Waals surface area contributed by atoms with Gasteiger partial charge in [0.1, 0.15) is 18.1 Å². The molecule has 0 fully saturated rings. The number of furan rings is 1. The molecular weight excluding hydrogens is 366 g/mol. The van der Waals surface area contributed by atoms with Gasteiger partial charge in [0.2, 0.25) is 0 Å². The maximum atomic E-state index is 11.4. The number of aliphatic hydroxyl groups is 1. The van der Waals surface area contributed by atoms with Gasteiger partial charge in [-0.15, -0.1) is 10.2 Å². The van der Waals surface area contributed by atoms with Crippen LogP contribution in [-0.4, -0.2) is 44.1 Å². The zero-order chi connectivity index (χ0) is 19.4. The minimum atomic E-state index is -0.688. The molecule has 1 N–H and O–H groups in total. The van der Waals surface area contributed by atoms with Crippen molar-refractivity contribution in [1.82, 2.24) is 14.8 Å². The highest BCUT2D eigenvalue weighted by molar-refractivity contribution is 7.99. The van der Waals surface area contributed by atoms with Crippen LogP contribution in [0, 0.1) is 6.92 Å². The van der Waals surface area contributed by atoms with Gasteiger partial charge in [-0.1, -0.05) is 23.9 Å². The fourth-order valence-corrected chi connectivity index (χ4v) is 3.32. The van der Waals surface area contributed by atoms with Gasteiger partial charge in [0, 0.05) is 18.4 Å². The molecule has 0 amide bonds. The molecule has 3 aromatic rings. The second-order valence-electron chi connectivity index (χ2n) is 6.12. The van der Waals surface area contributed by atoms with Gasteiger partial charge in [0.05, 0.1) is 17.9 Å². The highest BCUT2D eigenvalue weighted by Gasteiger charge is 2.16. The predicted octanol–water partition coefficient (Wildman–Crippen LogP) is 3.12. The summed E-state index contributed by atoms with van der Waals surface area (Å²) in [6, 6.07) is 8.77. The molecule has 7 nitrogen and oxygen atoms in total. The Balaban J connectivity index is 1.55. The lowest BCUT2D eigenvalue weighted by molar-refractivity contribution is 0.101. The summed E-state index contributed by atoms with van der Waals surface area (Å²) >= 11 is 1.40. The molecule has 0 saturated heterocycles. The van der Waals surface area contributed by atoms with E-state index in [1.165, 1.54) is 18.7 Å². The predicted molar refractivity (Wildman–Crippen MR) is 102 cm³/mol. The van der Waals surface area contributed by atoms with Crippen LogP contribution < -0.4 is 4.74 Å². The van der Waals surface area contributed by atoms with Crippen molar-refractivity contribution in [2.45, 2.75) is 25.1 Å². The van der Waals surface area contributed by atoms with E-state index < -0.39 is 6.10 Å². The molecule has 0 spiro atoms. The Hall–Kier alpha value is -2.58. The fraction of sp³-hybridized carbons (Fsp3) is 0.316. The summed E-state index contributed by atoms with van der Waals surface area (Å²) in [6.45, 7) is 3.50. The van der Waals surface area contributed by atoms with Crippen molar-refractivity contribution in [3.05, 3.63) is 47.9 Å². The number of thioether (sulfide) groups is 1. The lowest BCUT2D eigenvalue weighted by Gasteiger charge is -2.12. The molecule has 0 unspecified atom stereocenters. The number of nitrogens with zero attached hydrogens (tertiary/aromatic N) is 3. The third-order valence-corrected chi connectivity index (χ3v) is 5.19. The maximum Gasteiger partial charge on any atom is 0.191 e. The van der Waals surface area contributed by atoms with Crippen LogP contribution in [0.25, 0.3) is 11.4 Å². The van der Waals surface area contributed by atoms with Crippen LogP contribution in [0.5, 0.6) is 5.75 Å². The first-order valence-electron chi connectivity index (χ1n) is 8.44. The van der Waals surface area contributed by atoms with Crippen LogP contribution in [0.3, 0.4) is 0 Å². The molecule has 0 aliphatic carbocycles. The van der Waals surface area contributed by atoms with Crippen LogP contribution in [0.15, 0.2) is 46.2 Å². The summed E-state index contributed by atoms with van der Waals surface area (Å²) < 4.78 is 12.8. The molecule has 3 rings (SSSR count). The average molecular weight is 387 g/mol. The third-order valence-electron chi connectivity index (χ3n) is 4.02. The van der Waals surface area contributed by atoms with E-state index in [2.05, 4.69) is 10.2 Å². The topological polar surface area (TPSA) is 90.4 Å². The standard InChI is InChI=1S/C19H21N3O4S/c1-12(23)14-5-4-6-16(9-14)26-10-15(24)11-27-19-21-20-18(22(19)3)17-7-8-25-13(17)2/h4-9,15,24H,10-11H2,1-3H3/t15-/m1/s1. The van der Waals surface area contributed by atoms with Crippen LogP contribution in [-0.2, 0) is 7.05 Å². The van der Waals surface area contributed by atoms with Crippen molar-refractivity contribution in [2.24, 2.45) is 7.05 Å². The molecule has 1 atom stereocenters. The first-order chi connectivity index (χ1) is 13.0. The van der Waals surface area contributed by atoms with E-state index in [1.807, 2.05) is 24.6 Å². The molecule has 8 heteroatoms. The van der Waals surface area contributed by atoms with E-state index in [9.17, 15) is 9.90 Å². The highest BCUT2D eigenvalue weighted by Crippen LogP contribution is 2.26. The molecule has 142 valence electrons.